The molecule has 0 amide bonds. The van der Waals surface area contributed by atoms with Gasteiger partial charge in [-0.3, -0.25) is 4.79 Å². The van der Waals surface area contributed by atoms with Crippen molar-refractivity contribution >= 4 is 5.52 Å². The highest BCUT2D eigenvalue weighted by molar-refractivity contribution is 5.44. The van der Waals surface area contributed by atoms with E-state index in [1.165, 1.54) is 0 Å². The van der Waals surface area contributed by atoms with E-state index in [1.807, 2.05) is 13.8 Å². The van der Waals surface area contributed by atoms with Gasteiger partial charge in [-0.25, -0.2) is 4.52 Å². The molecule has 1 atom stereocenters. The van der Waals surface area contributed by atoms with Crippen LogP contribution in [0, 0.1) is 6.92 Å². The van der Waals surface area contributed by atoms with Crippen molar-refractivity contribution in [1.82, 2.24) is 14.2 Å². The SMILES string of the molecule is Cc1cc2c(=O)n(C[C@H](C)N)ccn2n1. The topological polar surface area (TPSA) is 65.3 Å². The van der Waals surface area contributed by atoms with Gasteiger partial charge in [0.25, 0.3) is 5.56 Å². The van der Waals surface area contributed by atoms with Gasteiger partial charge in [-0.1, -0.05) is 0 Å². The number of aromatic nitrogens is 3. The quantitative estimate of drug-likeness (QED) is 0.760. The first-order valence-corrected chi connectivity index (χ1v) is 4.89. The molecule has 0 radical (unpaired) electrons. The Bertz CT molecular complexity index is 538. The minimum Gasteiger partial charge on any atom is -0.326 e. The summed E-state index contributed by atoms with van der Waals surface area (Å²) in [7, 11) is 0. The highest BCUT2D eigenvalue weighted by atomic mass is 16.1. The summed E-state index contributed by atoms with van der Waals surface area (Å²) in [5, 5.41) is 4.17. The van der Waals surface area contributed by atoms with Crippen molar-refractivity contribution in [2.75, 3.05) is 0 Å². The Balaban J connectivity index is 2.59. The molecule has 2 N–H and O–H groups in total. The Hall–Kier alpha value is -1.62. The highest BCUT2D eigenvalue weighted by Gasteiger charge is 2.06. The van der Waals surface area contributed by atoms with Gasteiger partial charge in [0.05, 0.1) is 5.69 Å². The van der Waals surface area contributed by atoms with Crippen molar-refractivity contribution in [3.63, 3.8) is 0 Å². The summed E-state index contributed by atoms with van der Waals surface area (Å²) in [6.07, 6.45) is 3.48. The molecule has 15 heavy (non-hydrogen) atoms. The van der Waals surface area contributed by atoms with Crippen LogP contribution in [0.25, 0.3) is 5.52 Å². The summed E-state index contributed by atoms with van der Waals surface area (Å²) in [4.78, 5) is 11.9. The van der Waals surface area contributed by atoms with Gasteiger partial charge >= 0.3 is 0 Å². The normalized spacial score (nSPS) is 13.3. The lowest BCUT2D eigenvalue weighted by Crippen LogP contribution is -2.30. The standard InChI is InChI=1S/C10H14N4O/c1-7(11)6-13-3-4-14-9(10(13)15)5-8(2)12-14/h3-5,7H,6,11H2,1-2H3/t7-/m0/s1. The fourth-order valence-corrected chi connectivity index (χ4v) is 1.60. The van der Waals surface area contributed by atoms with Crippen LogP contribution in [-0.2, 0) is 6.54 Å². The fourth-order valence-electron chi connectivity index (χ4n) is 1.60. The van der Waals surface area contributed by atoms with Crippen LogP contribution in [0.1, 0.15) is 12.6 Å². The van der Waals surface area contributed by atoms with Crippen molar-refractivity contribution in [2.45, 2.75) is 26.4 Å². The summed E-state index contributed by atoms with van der Waals surface area (Å²) < 4.78 is 3.20. The monoisotopic (exact) mass is 206 g/mol. The lowest BCUT2D eigenvalue weighted by atomic mass is 10.3. The lowest BCUT2D eigenvalue weighted by Gasteiger charge is -2.08. The first kappa shape index (κ1) is 9.92. The summed E-state index contributed by atoms with van der Waals surface area (Å²) in [5.74, 6) is 0. The Kier molecular flexibility index (Phi) is 2.32. The molecule has 5 heteroatoms. The molecule has 0 unspecified atom stereocenters. The molecule has 0 bridgehead atoms. The van der Waals surface area contributed by atoms with E-state index >= 15 is 0 Å². The van der Waals surface area contributed by atoms with Gasteiger partial charge in [-0.2, -0.15) is 5.10 Å². The maximum Gasteiger partial charge on any atom is 0.276 e. The van der Waals surface area contributed by atoms with Crippen LogP contribution in [0.15, 0.2) is 23.3 Å². The Morgan fingerprint density at radius 3 is 2.93 bits per heavy atom. The molecule has 0 fully saturated rings. The summed E-state index contributed by atoms with van der Waals surface area (Å²) in [6.45, 7) is 4.26. The fraction of sp³-hybridized carbons (Fsp3) is 0.400. The van der Waals surface area contributed by atoms with Crippen molar-refractivity contribution in [2.24, 2.45) is 5.73 Å². The molecule has 0 aliphatic carbocycles. The first-order chi connectivity index (χ1) is 7.08. The van der Waals surface area contributed by atoms with Gasteiger partial charge in [0.15, 0.2) is 0 Å². The lowest BCUT2D eigenvalue weighted by molar-refractivity contribution is 0.571. The van der Waals surface area contributed by atoms with E-state index in [0.717, 1.165) is 5.69 Å². The molecule has 2 aromatic heterocycles. The Morgan fingerprint density at radius 2 is 2.27 bits per heavy atom. The molecule has 5 nitrogen and oxygen atoms in total. The number of nitrogens with two attached hydrogens (primary N) is 1. The van der Waals surface area contributed by atoms with E-state index in [9.17, 15) is 4.79 Å². The smallest absolute Gasteiger partial charge is 0.276 e. The summed E-state index contributed by atoms with van der Waals surface area (Å²) in [6, 6.07) is 1.74. The van der Waals surface area contributed by atoms with Crippen molar-refractivity contribution in [3.8, 4) is 0 Å². The molecular formula is C10H14N4O. The van der Waals surface area contributed by atoms with E-state index in [0.29, 0.717) is 12.1 Å². The second-order valence-corrected chi connectivity index (χ2v) is 3.85. The van der Waals surface area contributed by atoms with Crippen LogP contribution in [0.4, 0.5) is 0 Å². The largest absolute Gasteiger partial charge is 0.326 e. The van der Waals surface area contributed by atoms with Gasteiger partial charge in [0.1, 0.15) is 5.52 Å². The molecule has 2 heterocycles. The number of hydrogen-bond donors (Lipinski definition) is 1. The van der Waals surface area contributed by atoms with Crippen LogP contribution in [0.3, 0.4) is 0 Å². The van der Waals surface area contributed by atoms with E-state index in [1.54, 1.807) is 27.5 Å². The second kappa shape index (κ2) is 3.51. The van der Waals surface area contributed by atoms with Crippen LogP contribution in [0.2, 0.25) is 0 Å². The Morgan fingerprint density at radius 1 is 1.53 bits per heavy atom. The zero-order valence-electron chi connectivity index (χ0n) is 8.84. The van der Waals surface area contributed by atoms with Gasteiger partial charge < -0.3 is 10.3 Å². The van der Waals surface area contributed by atoms with E-state index in [2.05, 4.69) is 5.10 Å². The summed E-state index contributed by atoms with van der Waals surface area (Å²) >= 11 is 0. The average Bonchev–Trinajstić information content (AvgIpc) is 2.51. The molecule has 2 aromatic rings. The van der Waals surface area contributed by atoms with Gasteiger partial charge in [-0.05, 0) is 19.9 Å². The third-order valence-electron chi connectivity index (χ3n) is 2.21. The van der Waals surface area contributed by atoms with Crippen LogP contribution >= 0.6 is 0 Å². The van der Waals surface area contributed by atoms with Crippen LogP contribution in [0.5, 0.6) is 0 Å². The first-order valence-electron chi connectivity index (χ1n) is 4.89. The number of aryl methyl sites for hydroxylation is 1. The van der Waals surface area contributed by atoms with Gasteiger partial charge in [-0.15, -0.1) is 0 Å². The van der Waals surface area contributed by atoms with Crippen molar-refractivity contribution in [1.29, 1.82) is 0 Å². The van der Waals surface area contributed by atoms with Crippen molar-refractivity contribution < 1.29 is 0 Å². The molecule has 0 saturated carbocycles. The number of rotatable bonds is 2. The van der Waals surface area contributed by atoms with Crippen LogP contribution < -0.4 is 11.3 Å². The molecule has 0 aliphatic heterocycles. The van der Waals surface area contributed by atoms with Gasteiger partial charge in [0.2, 0.25) is 0 Å². The molecule has 0 saturated heterocycles. The molecule has 80 valence electrons. The molecular weight excluding hydrogens is 192 g/mol. The summed E-state index contributed by atoms with van der Waals surface area (Å²) in [5.41, 5.74) is 7.05. The maximum absolute atomic E-state index is 11.9. The van der Waals surface area contributed by atoms with Crippen molar-refractivity contribution in [3.05, 3.63) is 34.5 Å². The molecule has 0 spiro atoms. The van der Waals surface area contributed by atoms with Crippen LogP contribution in [-0.4, -0.2) is 20.2 Å². The number of nitrogens with zero attached hydrogens (tertiary/aromatic N) is 3. The minimum absolute atomic E-state index is 0.0332. The zero-order chi connectivity index (χ0) is 11.0. The predicted molar refractivity (Wildman–Crippen MR) is 57.8 cm³/mol. The average molecular weight is 206 g/mol. The maximum atomic E-state index is 11.9. The van der Waals surface area contributed by atoms with E-state index in [4.69, 9.17) is 5.73 Å². The number of hydrogen-bond acceptors (Lipinski definition) is 3. The van der Waals surface area contributed by atoms with Gasteiger partial charge in [0, 0.05) is 25.0 Å². The molecule has 0 aliphatic rings. The second-order valence-electron chi connectivity index (χ2n) is 3.85. The third kappa shape index (κ3) is 1.78. The predicted octanol–water partition coefficient (Wildman–Crippen LogP) is 0.152. The minimum atomic E-state index is -0.0459. The third-order valence-corrected chi connectivity index (χ3v) is 2.21. The Labute approximate surface area is 87.1 Å². The molecule has 2 rings (SSSR count). The zero-order valence-corrected chi connectivity index (χ0v) is 8.84. The highest BCUT2D eigenvalue weighted by Crippen LogP contribution is 1.99. The van der Waals surface area contributed by atoms with E-state index in [-0.39, 0.29) is 11.6 Å². The van der Waals surface area contributed by atoms with E-state index < -0.39 is 0 Å². The number of fused-ring (bicyclic) bond motifs is 1. The molecule has 0 aromatic carbocycles.